The van der Waals surface area contributed by atoms with Crippen LogP contribution in [0.2, 0.25) is 15.1 Å². The first kappa shape index (κ1) is 12.5. The number of pyridine rings is 1. The summed E-state index contributed by atoms with van der Waals surface area (Å²) in [5.41, 5.74) is 1.63. The molecule has 0 bridgehead atoms. The summed E-state index contributed by atoms with van der Waals surface area (Å²) in [4.78, 5) is 14.5. The van der Waals surface area contributed by atoms with Crippen LogP contribution in [0.15, 0.2) is 29.1 Å². The van der Waals surface area contributed by atoms with Crippen LogP contribution in [-0.2, 0) is 0 Å². The molecular formula is C12H8Cl3NO. The van der Waals surface area contributed by atoms with Gasteiger partial charge in [-0.25, -0.2) is 0 Å². The third kappa shape index (κ3) is 2.34. The van der Waals surface area contributed by atoms with Gasteiger partial charge in [0, 0.05) is 16.8 Å². The number of halogens is 3. The summed E-state index contributed by atoms with van der Waals surface area (Å²) in [6.45, 7) is 1.81. The maximum absolute atomic E-state index is 11.8. The number of hydrogen-bond donors (Lipinski definition) is 1. The van der Waals surface area contributed by atoms with Crippen molar-refractivity contribution in [3.63, 3.8) is 0 Å². The third-order valence-electron chi connectivity index (χ3n) is 2.38. The molecule has 17 heavy (non-hydrogen) atoms. The van der Waals surface area contributed by atoms with Crippen molar-refractivity contribution < 1.29 is 0 Å². The summed E-state index contributed by atoms with van der Waals surface area (Å²) in [7, 11) is 0. The largest absolute Gasteiger partial charge is 0.326 e. The Labute approximate surface area is 113 Å². The fourth-order valence-electron chi connectivity index (χ4n) is 1.52. The van der Waals surface area contributed by atoms with Crippen molar-refractivity contribution in [2.24, 2.45) is 0 Å². The first-order chi connectivity index (χ1) is 8.00. The molecule has 2 nitrogen and oxygen atoms in total. The van der Waals surface area contributed by atoms with Gasteiger partial charge in [-0.2, -0.15) is 0 Å². The van der Waals surface area contributed by atoms with E-state index in [4.69, 9.17) is 34.8 Å². The van der Waals surface area contributed by atoms with E-state index in [1.54, 1.807) is 24.3 Å². The van der Waals surface area contributed by atoms with Crippen LogP contribution in [0, 0.1) is 6.92 Å². The molecule has 5 heteroatoms. The van der Waals surface area contributed by atoms with Gasteiger partial charge in [0.1, 0.15) is 0 Å². The van der Waals surface area contributed by atoms with E-state index in [-0.39, 0.29) is 15.6 Å². The Kier molecular flexibility index (Phi) is 3.48. The van der Waals surface area contributed by atoms with Gasteiger partial charge in [0.05, 0.1) is 15.1 Å². The fraction of sp³-hybridized carbons (Fsp3) is 0.0833. The second-order valence-corrected chi connectivity index (χ2v) is 4.77. The summed E-state index contributed by atoms with van der Waals surface area (Å²) in [6.07, 6.45) is 0. The number of aromatic amines is 1. The van der Waals surface area contributed by atoms with Crippen LogP contribution in [0.1, 0.15) is 5.69 Å². The van der Waals surface area contributed by atoms with Crippen molar-refractivity contribution >= 4 is 34.8 Å². The number of rotatable bonds is 1. The standard InChI is InChI=1S/C12H8Cl3NO/c1-6-2-3-8(12(17)16-6)7-4-5-9(13)11(15)10(7)14/h2-5H,1H3,(H,16,17). The average molecular weight is 289 g/mol. The highest BCUT2D eigenvalue weighted by Gasteiger charge is 2.12. The molecule has 2 aromatic rings. The Morgan fingerprint density at radius 2 is 1.59 bits per heavy atom. The van der Waals surface area contributed by atoms with Gasteiger partial charge in [0.15, 0.2) is 0 Å². The maximum Gasteiger partial charge on any atom is 0.256 e. The molecule has 0 aliphatic carbocycles. The molecule has 0 aliphatic rings. The molecule has 0 radical (unpaired) electrons. The minimum absolute atomic E-state index is 0.203. The lowest BCUT2D eigenvalue weighted by Gasteiger charge is -2.07. The maximum atomic E-state index is 11.8. The molecule has 0 spiro atoms. The normalized spacial score (nSPS) is 10.6. The third-order valence-corrected chi connectivity index (χ3v) is 3.67. The van der Waals surface area contributed by atoms with Crippen LogP contribution >= 0.6 is 34.8 Å². The first-order valence-corrected chi connectivity index (χ1v) is 5.98. The van der Waals surface area contributed by atoms with Crippen LogP contribution in [0.4, 0.5) is 0 Å². The molecule has 88 valence electrons. The van der Waals surface area contributed by atoms with E-state index in [1.807, 2.05) is 6.92 Å². The van der Waals surface area contributed by atoms with E-state index >= 15 is 0 Å². The number of nitrogens with one attached hydrogen (secondary N) is 1. The number of benzene rings is 1. The van der Waals surface area contributed by atoms with Crippen LogP contribution in [0.25, 0.3) is 11.1 Å². The van der Waals surface area contributed by atoms with Gasteiger partial charge >= 0.3 is 0 Å². The van der Waals surface area contributed by atoms with Gasteiger partial charge < -0.3 is 4.98 Å². The lowest BCUT2D eigenvalue weighted by molar-refractivity contribution is 1.15. The van der Waals surface area contributed by atoms with Crippen molar-refractivity contribution in [3.8, 4) is 11.1 Å². The highest BCUT2D eigenvalue weighted by molar-refractivity contribution is 6.49. The second kappa shape index (κ2) is 4.73. The van der Waals surface area contributed by atoms with Gasteiger partial charge in [-0.3, -0.25) is 4.79 Å². The van der Waals surface area contributed by atoms with Gasteiger partial charge in [-0.05, 0) is 25.1 Å². The molecule has 0 saturated carbocycles. The summed E-state index contributed by atoms with van der Waals surface area (Å²) in [5, 5.41) is 0.906. The van der Waals surface area contributed by atoms with Crippen LogP contribution in [0.3, 0.4) is 0 Å². The molecule has 1 heterocycles. The Bertz CT molecular complexity index is 634. The zero-order chi connectivity index (χ0) is 12.6. The van der Waals surface area contributed by atoms with Gasteiger partial charge in [-0.1, -0.05) is 40.9 Å². The molecule has 0 amide bonds. The quantitative estimate of drug-likeness (QED) is 0.779. The van der Waals surface area contributed by atoms with Crippen LogP contribution in [0.5, 0.6) is 0 Å². The highest BCUT2D eigenvalue weighted by atomic mass is 35.5. The molecule has 0 unspecified atom stereocenters. The summed E-state index contributed by atoms with van der Waals surface area (Å²) in [5.74, 6) is 0. The summed E-state index contributed by atoms with van der Waals surface area (Å²) in [6, 6.07) is 6.80. The molecule has 0 saturated heterocycles. The van der Waals surface area contributed by atoms with Crippen LogP contribution in [-0.4, -0.2) is 4.98 Å². The Morgan fingerprint density at radius 1 is 0.941 bits per heavy atom. The first-order valence-electron chi connectivity index (χ1n) is 4.84. The zero-order valence-electron chi connectivity index (χ0n) is 8.85. The van der Waals surface area contributed by atoms with Gasteiger partial charge in [0.2, 0.25) is 0 Å². The van der Waals surface area contributed by atoms with E-state index < -0.39 is 0 Å². The van der Waals surface area contributed by atoms with E-state index in [1.165, 1.54) is 0 Å². The lowest BCUT2D eigenvalue weighted by atomic mass is 10.1. The van der Waals surface area contributed by atoms with E-state index in [9.17, 15) is 4.79 Å². The molecule has 1 aromatic carbocycles. The highest BCUT2D eigenvalue weighted by Crippen LogP contribution is 2.36. The predicted molar refractivity (Wildman–Crippen MR) is 72.3 cm³/mol. The molecule has 1 N–H and O–H groups in total. The number of aryl methyl sites for hydroxylation is 1. The number of hydrogen-bond acceptors (Lipinski definition) is 1. The molecule has 0 aliphatic heterocycles. The Balaban J connectivity index is 2.69. The van der Waals surface area contributed by atoms with E-state index in [2.05, 4.69) is 4.98 Å². The molecule has 2 rings (SSSR count). The SMILES string of the molecule is Cc1ccc(-c2ccc(Cl)c(Cl)c2Cl)c(=O)[nH]1. The lowest BCUT2D eigenvalue weighted by Crippen LogP contribution is -2.09. The second-order valence-electron chi connectivity index (χ2n) is 3.61. The Morgan fingerprint density at radius 3 is 2.24 bits per heavy atom. The van der Waals surface area contributed by atoms with Crippen molar-refractivity contribution in [1.29, 1.82) is 0 Å². The number of H-pyrrole nitrogens is 1. The fourth-order valence-corrected chi connectivity index (χ4v) is 2.16. The minimum Gasteiger partial charge on any atom is -0.326 e. The van der Waals surface area contributed by atoms with Gasteiger partial charge in [0.25, 0.3) is 5.56 Å². The zero-order valence-corrected chi connectivity index (χ0v) is 11.1. The smallest absolute Gasteiger partial charge is 0.256 e. The van der Waals surface area contributed by atoms with Crippen molar-refractivity contribution in [2.45, 2.75) is 6.92 Å². The van der Waals surface area contributed by atoms with E-state index in [0.29, 0.717) is 16.1 Å². The van der Waals surface area contributed by atoms with Crippen molar-refractivity contribution in [3.05, 3.63) is 55.4 Å². The van der Waals surface area contributed by atoms with Crippen molar-refractivity contribution in [1.82, 2.24) is 4.98 Å². The molecule has 1 aromatic heterocycles. The average Bonchev–Trinajstić information content (AvgIpc) is 2.28. The summed E-state index contributed by atoms with van der Waals surface area (Å²) >= 11 is 17.9. The van der Waals surface area contributed by atoms with Gasteiger partial charge in [-0.15, -0.1) is 0 Å². The Hall–Kier alpha value is -0.960. The number of aromatic nitrogens is 1. The molecule has 0 atom stereocenters. The summed E-state index contributed by atoms with van der Waals surface area (Å²) < 4.78 is 0. The van der Waals surface area contributed by atoms with Crippen LogP contribution < -0.4 is 5.56 Å². The topological polar surface area (TPSA) is 32.9 Å². The van der Waals surface area contributed by atoms with E-state index in [0.717, 1.165) is 5.69 Å². The molecular weight excluding hydrogens is 280 g/mol. The monoisotopic (exact) mass is 287 g/mol. The predicted octanol–water partition coefficient (Wildman–Crippen LogP) is 4.31. The molecule has 0 fully saturated rings. The van der Waals surface area contributed by atoms with Crippen molar-refractivity contribution in [2.75, 3.05) is 0 Å². The minimum atomic E-state index is -0.203.